The average molecular weight is 524 g/mol. The van der Waals surface area contributed by atoms with Crippen LogP contribution in [0, 0.1) is 0 Å². The number of rotatable bonds is 9. The summed E-state index contributed by atoms with van der Waals surface area (Å²) >= 11 is 10.9. The minimum atomic E-state index is -0.520. The lowest BCUT2D eigenvalue weighted by atomic mass is 10.1. The minimum absolute atomic E-state index is 0.0315. The Morgan fingerprint density at radius 2 is 1.71 bits per heavy atom. The van der Waals surface area contributed by atoms with Crippen LogP contribution in [0.1, 0.15) is 43.7 Å². The van der Waals surface area contributed by atoms with Crippen molar-refractivity contribution in [2.75, 3.05) is 5.75 Å². The van der Waals surface area contributed by atoms with Crippen LogP contribution in [0.4, 0.5) is 0 Å². The zero-order valence-corrected chi connectivity index (χ0v) is 20.8. The van der Waals surface area contributed by atoms with E-state index in [1.807, 2.05) is 55.5 Å². The summed E-state index contributed by atoms with van der Waals surface area (Å²) in [4.78, 5) is 27.7. The van der Waals surface area contributed by atoms with Gasteiger partial charge in [-0.15, -0.1) is 11.8 Å². The van der Waals surface area contributed by atoms with Gasteiger partial charge < -0.3 is 10.2 Å². The number of halogens is 2. The molecule has 1 aliphatic carbocycles. The molecular formula is C24H28BrClN2O2S. The molecule has 1 saturated carbocycles. The van der Waals surface area contributed by atoms with E-state index < -0.39 is 6.04 Å². The third-order valence-corrected chi connectivity index (χ3v) is 7.31. The lowest BCUT2D eigenvalue weighted by Crippen LogP contribution is -2.50. The maximum Gasteiger partial charge on any atom is 0.242 e. The van der Waals surface area contributed by atoms with E-state index in [-0.39, 0.29) is 17.9 Å². The second-order valence-corrected chi connectivity index (χ2v) is 10.3. The van der Waals surface area contributed by atoms with Gasteiger partial charge in [-0.3, -0.25) is 9.59 Å². The first kappa shape index (κ1) is 24.1. The highest BCUT2D eigenvalue weighted by Crippen LogP contribution is 2.20. The predicted octanol–water partition coefficient (Wildman–Crippen LogP) is 5.81. The summed E-state index contributed by atoms with van der Waals surface area (Å²) in [5.41, 5.74) is 2.12. The maximum atomic E-state index is 13.1. The summed E-state index contributed by atoms with van der Waals surface area (Å²) in [7, 11) is 0. The molecule has 7 heteroatoms. The molecule has 0 bridgehead atoms. The van der Waals surface area contributed by atoms with Gasteiger partial charge in [0.15, 0.2) is 0 Å². The Labute approximate surface area is 202 Å². The van der Waals surface area contributed by atoms with Gasteiger partial charge in [-0.2, -0.15) is 0 Å². The molecule has 2 aromatic rings. The normalized spacial score (nSPS) is 14.9. The van der Waals surface area contributed by atoms with Crippen molar-refractivity contribution in [3.05, 3.63) is 69.2 Å². The Morgan fingerprint density at radius 1 is 1.10 bits per heavy atom. The van der Waals surface area contributed by atoms with E-state index in [0.29, 0.717) is 17.3 Å². The van der Waals surface area contributed by atoms with E-state index in [2.05, 4.69) is 21.2 Å². The van der Waals surface area contributed by atoms with Crippen LogP contribution in [-0.2, 0) is 21.9 Å². The lowest BCUT2D eigenvalue weighted by molar-refractivity contribution is -0.138. The van der Waals surface area contributed by atoms with Crippen molar-refractivity contribution >= 4 is 51.1 Å². The zero-order chi connectivity index (χ0) is 22.2. The first-order valence-corrected chi connectivity index (χ1v) is 12.9. The molecule has 0 heterocycles. The molecule has 3 rings (SSSR count). The van der Waals surface area contributed by atoms with Crippen molar-refractivity contribution in [2.45, 2.75) is 57.0 Å². The molecule has 4 nitrogen and oxygen atoms in total. The summed E-state index contributed by atoms with van der Waals surface area (Å²) in [6.07, 6.45) is 4.36. The quantitative estimate of drug-likeness (QED) is 0.451. The van der Waals surface area contributed by atoms with Crippen molar-refractivity contribution in [2.24, 2.45) is 0 Å². The molecule has 0 aromatic heterocycles. The Morgan fingerprint density at radius 3 is 2.35 bits per heavy atom. The monoisotopic (exact) mass is 522 g/mol. The van der Waals surface area contributed by atoms with Crippen LogP contribution < -0.4 is 5.32 Å². The minimum Gasteiger partial charge on any atom is -0.352 e. The largest absolute Gasteiger partial charge is 0.352 e. The number of carbonyl (C=O) groups excluding carboxylic acids is 2. The fraction of sp³-hybridized carbons (Fsp3) is 0.417. The van der Waals surface area contributed by atoms with Gasteiger partial charge in [0.2, 0.25) is 11.8 Å². The molecule has 1 N–H and O–H groups in total. The average Bonchev–Trinajstić information content (AvgIpc) is 3.27. The van der Waals surface area contributed by atoms with Crippen LogP contribution in [0.2, 0.25) is 5.02 Å². The number of hydrogen-bond donors (Lipinski definition) is 1. The van der Waals surface area contributed by atoms with Gasteiger partial charge in [-0.1, -0.05) is 64.6 Å². The number of benzene rings is 2. The summed E-state index contributed by atoms with van der Waals surface area (Å²) in [5.74, 6) is 0.939. The Hall–Kier alpha value is -1.50. The van der Waals surface area contributed by atoms with Crippen molar-refractivity contribution in [1.29, 1.82) is 0 Å². The van der Waals surface area contributed by atoms with Crippen molar-refractivity contribution in [1.82, 2.24) is 10.2 Å². The van der Waals surface area contributed by atoms with Gasteiger partial charge in [0.25, 0.3) is 0 Å². The molecule has 1 aliphatic rings. The smallest absolute Gasteiger partial charge is 0.242 e. The van der Waals surface area contributed by atoms with E-state index in [1.54, 1.807) is 16.7 Å². The van der Waals surface area contributed by atoms with Crippen LogP contribution in [0.3, 0.4) is 0 Å². The number of thioether (sulfide) groups is 1. The molecule has 166 valence electrons. The molecule has 2 amide bonds. The molecule has 1 fully saturated rings. The van der Waals surface area contributed by atoms with Gasteiger partial charge >= 0.3 is 0 Å². The highest BCUT2D eigenvalue weighted by Gasteiger charge is 2.28. The lowest BCUT2D eigenvalue weighted by Gasteiger charge is -2.29. The number of hydrogen-bond acceptors (Lipinski definition) is 3. The Balaban J connectivity index is 1.64. The Kier molecular flexibility index (Phi) is 9.30. The van der Waals surface area contributed by atoms with Crippen LogP contribution >= 0.6 is 39.3 Å². The molecule has 2 aromatic carbocycles. The third-order valence-electron chi connectivity index (χ3n) is 5.54. The van der Waals surface area contributed by atoms with E-state index in [9.17, 15) is 9.59 Å². The fourth-order valence-electron chi connectivity index (χ4n) is 3.68. The zero-order valence-electron chi connectivity index (χ0n) is 17.7. The number of nitrogens with zero attached hydrogens (tertiary/aromatic N) is 1. The van der Waals surface area contributed by atoms with Crippen LogP contribution in [-0.4, -0.2) is 34.6 Å². The fourth-order valence-corrected chi connectivity index (χ4v) is 4.94. The van der Waals surface area contributed by atoms with E-state index in [0.717, 1.165) is 47.0 Å². The standard InChI is InChI=1S/C24H28BrClN2O2S/c1-17(24(30)27-22-4-2-3-5-22)28(14-18-6-10-20(25)11-7-18)23(29)16-31-15-19-8-12-21(26)13-9-19/h6-13,17,22H,2-5,14-16H2,1H3,(H,27,30)/t17-/m1/s1. The summed E-state index contributed by atoms with van der Waals surface area (Å²) < 4.78 is 0.986. The van der Waals surface area contributed by atoms with Gasteiger partial charge in [0, 0.05) is 27.8 Å². The number of amides is 2. The summed E-state index contributed by atoms with van der Waals surface area (Å²) in [5, 5.41) is 3.84. The molecule has 1 atom stereocenters. The summed E-state index contributed by atoms with van der Waals surface area (Å²) in [6, 6.07) is 15.2. The van der Waals surface area contributed by atoms with Crippen LogP contribution in [0.25, 0.3) is 0 Å². The highest BCUT2D eigenvalue weighted by molar-refractivity contribution is 9.10. The van der Waals surface area contributed by atoms with E-state index in [1.165, 1.54) is 0 Å². The molecular weight excluding hydrogens is 496 g/mol. The maximum absolute atomic E-state index is 13.1. The first-order chi connectivity index (χ1) is 14.9. The molecule has 0 radical (unpaired) electrons. The van der Waals surface area contributed by atoms with Gasteiger partial charge in [0.1, 0.15) is 6.04 Å². The van der Waals surface area contributed by atoms with E-state index in [4.69, 9.17) is 11.6 Å². The van der Waals surface area contributed by atoms with Gasteiger partial charge in [-0.25, -0.2) is 0 Å². The van der Waals surface area contributed by atoms with Gasteiger partial charge in [-0.05, 0) is 55.2 Å². The molecule has 31 heavy (non-hydrogen) atoms. The SMILES string of the molecule is C[C@H](C(=O)NC1CCCC1)N(Cc1ccc(Br)cc1)C(=O)CSCc1ccc(Cl)cc1. The second kappa shape index (κ2) is 11.9. The predicted molar refractivity (Wildman–Crippen MR) is 132 cm³/mol. The van der Waals surface area contributed by atoms with Crippen molar-refractivity contribution in [3.63, 3.8) is 0 Å². The summed E-state index contributed by atoms with van der Waals surface area (Å²) in [6.45, 7) is 2.23. The number of carbonyl (C=O) groups is 2. The molecule has 0 spiro atoms. The number of nitrogens with one attached hydrogen (secondary N) is 1. The molecule has 0 saturated heterocycles. The van der Waals surface area contributed by atoms with E-state index >= 15 is 0 Å². The second-order valence-electron chi connectivity index (χ2n) is 7.93. The van der Waals surface area contributed by atoms with Crippen LogP contribution in [0.15, 0.2) is 53.0 Å². The first-order valence-electron chi connectivity index (χ1n) is 10.6. The molecule has 0 unspecified atom stereocenters. The van der Waals surface area contributed by atoms with Crippen molar-refractivity contribution < 1.29 is 9.59 Å². The highest BCUT2D eigenvalue weighted by atomic mass is 79.9. The van der Waals surface area contributed by atoms with Gasteiger partial charge in [0.05, 0.1) is 5.75 Å². The topological polar surface area (TPSA) is 49.4 Å². The third kappa shape index (κ3) is 7.55. The molecule has 0 aliphatic heterocycles. The Bertz CT molecular complexity index is 870. The van der Waals surface area contributed by atoms with Crippen LogP contribution in [0.5, 0.6) is 0 Å². The van der Waals surface area contributed by atoms with Crippen molar-refractivity contribution in [3.8, 4) is 0 Å².